The highest BCUT2D eigenvalue weighted by Gasteiger charge is 2.26. The van der Waals surface area contributed by atoms with Crippen LogP contribution in [-0.4, -0.2) is 47.1 Å². The minimum absolute atomic E-state index is 0.185. The molecule has 1 N–H and O–H groups in total. The maximum atomic E-state index is 10.9. The first-order chi connectivity index (χ1) is 11.7. The number of aldehydes is 1. The third-order valence-electron chi connectivity index (χ3n) is 4.07. The van der Waals surface area contributed by atoms with E-state index in [2.05, 4.69) is 4.98 Å². The van der Waals surface area contributed by atoms with Crippen LogP contribution >= 0.6 is 0 Å². The zero-order valence-corrected chi connectivity index (χ0v) is 13.1. The van der Waals surface area contributed by atoms with Crippen LogP contribution in [0.3, 0.4) is 0 Å². The minimum Gasteiger partial charge on any atom is -0.477 e. The number of aromatic nitrogens is 1. The average molecular weight is 326 g/mol. The number of likely N-dealkylation sites (tertiary alicyclic amines) is 1. The van der Waals surface area contributed by atoms with Gasteiger partial charge in [0.05, 0.1) is 12.3 Å². The van der Waals surface area contributed by atoms with E-state index in [0.29, 0.717) is 31.1 Å². The molecule has 0 aliphatic carbocycles. The smallest absolute Gasteiger partial charge is 0.407 e. The number of hydrogen-bond donors (Lipinski definition) is 1. The lowest BCUT2D eigenvalue weighted by molar-refractivity contribution is 0.112. The molecule has 1 fully saturated rings. The number of carbonyl (C=O) groups excluding carboxylic acids is 1. The first kappa shape index (κ1) is 16.0. The van der Waals surface area contributed by atoms with Crippen LogP contribution in [0.1, 0.15) is 16.8 Å². The van der Waals surface area contributed by atoms with Crippen molar-refractivity contribution >= 4 is 12.4 Å². The highest BCUT2D eigenvalue weighted by atomic mass is 16.5. The predicted octanol–water partition coefficient (Wildman–Crippen LogP) is 2.94. The molecule has 0 spiro atoms. The third-order valence-corrected chi connectivity index (χ3v) is 4.07. The van der Waals surface area contributed by atoms with Gasteiger partial charge in [-0.15, -0.1) is 0 Å². The van der Waals surface area contributed by atoms with Crippen molar-refractivity contribution in [1.29, 1.82) is 0 Å². The zero-order chi connectivity index (χ0) is 16.9. The molecule has 1 atom stereocenters. The van der Waals surface area contributed by atoms with E-state index in [9.17, 15) is 9.59 Å². The maximum Gasteiger partial charge on any atom is 0.407 e. The lowest BCUT2D eigenvalue weighted by Crippen LogP contribution is -2.27. The summed E-state index contributed by atoms with van der Waals surface area (Å²) in [6, 6.07) is 12.7. The molecule has 1 saturated heterocycles. The molecule has 3 rings (SSSR count). The topological polar surface area (TPSA) is 79.7 Å². The first-order valence-corrected chi connectivity index (χ1v) is 7.79. The van der Waals surface area contributed by atoms with Gasteiger partial charge in [-0.25, -0.2) is 9.78 Å². The van der Waals surface area contributed by atoms with Gasteiger partial charge in [0.15, 0.2) is 0 Å². The summed E-state index contributed by atoms with van der Waals surface area (Å²) in [5.74, 6) is 0.683. The summed E-state index contributed by atoms with van der Waals surface area (Å²) in [4.78, 5) is 27.7. The Labute approximate surface area is 139 Å². The Bertz CT molecular complexity index is 747. The van der Waals surface area contributed by atoms with Gasteiger partial charge in [-0.2, -0.15) is 0 Å². The number of nitrogens with zero attached hydrogens (tertiary/aromatic N) is 2. The van der Waals surface area contributed by atoms with Crippen LogP contribution in [0.5, 0.6) is 5.88 Å². The second-order valence-corrected chi connectivity index (χ2v) is 5.80. The van der Waals surface area contributed by atoms with E-state index in [4.69, 9.17) is 9.84 Å². The van der Waals surface area contributed by atoms with Gasteiger partial charge in [0.1, 0.15) is 6.29 Å². The van der Waals surface area contributed by atoms with E-state index in [1.54, 1.807) is 18.2 Å². The van der Waals surface area contributed by atoms with Gasteiger partial charge < -0.3 is 14.7 Å². The van der Waals surface area contributed by atoms with E-state index in [1.807, 2.05) is 24.3 Å². The molecule has 0 saturated carbocycles. The quantitative estimate of drug-likeness (QED) is 0.855. The molecular formula is C18H18N2O4. The summed E-state index contributed by atoms with van der Waals surface area (Å²) in [6.07, 6.45) is 0.721. The molecule has 0 bridgehead atoms. The molecule has 6 heteroatoms. The number of pyridine rings is 1. The Morgan fingerprint density at radius 1 is 1.33 bits per heavy atom. The SMILES string of the molecule is O=Cc1cccc(-c2cccc(OC[C@H]3CCN(C(=O)O)C3)n2)c1. The largest absolute Gasteiger partial charge is 0.477 e. The fraction of sp³-hybridized carbons (Fsp3) is 0.278. The van der Waals surface area contributed by atoms with Gasteiger partial charge in [0, 0.05) is 36.2 Å². The summed E-state index contributed by atoms with van der Waals surface area (Å²) in [5.41, 5.74) is 2.18. The number of rotatable bonds is 5. The lowest BCUT2D eigenvalue weighted by atomic mass is 10.1. The molecule has 1 aromatic heterocycles. The minimum atomic E-state index is -0.882. The Balaban J connectivity index is 1.65. The fourth-order valence-corrected chi connectivity index (χ4v) is 2.77. The molecule has 2 aromatic rings. The maximum absolute atomic E-state index is 10.9. The van der Waals surface area contributed by atoms with Gasteiger partial charge in [-0.05, 0) is 18.6 Å². The van der Waals surface area contributed by atoms with Crippen molar-refractivity contribution in [2.24, 2.45) is 5.92 Å². The first-order valence-electron chi connectivity index (χ1n) is 7.79. The van der Waals surface area contributed by atoms with E-state index in [0.717, 1.165) is 24.0 Å². The van der Waals surface area contributed by atoms with Crippen molar-refractivity contribution < 1.29 is 19.4 Å². The van der Waals surface area contributed by atoms with Crippen molar-refractivity contribution in [2.75, 3.05) is 19.7 Å². The molecule has 1 aliphatic heterocycles. The molecular weight excluding hydrogens is 308 g/mol. The van der Waals surface area contributed by atoms with Crippen LogP contribution in [-0.2, 0) is 0 Å². The summed E-state index contributed by atoms with van der Waals surface area (Å²) in [5, 5.41) is 8.97. The fourth-order valence-electron chi connectivity index (χ4n) is 2.77. The molecule has 0 radical (unpaired) electrons. The van der Waals surface area contributed by atoms with Crippen molar-refractivity contribution in [1.82, 2.24) is 9.88 Å². The monoisotopic (exact) mass is 326 g/mol. The van der Waals surface area contributed by atoms with E-state index >= 15 is 0 Å². The number of carboxylic acid groups (broad SMARTS) is 1. The van der Waals surface area contributed by atoms with Crippen LogP contribution in [0.15, 0.2) is 42.5 Å². The van der Waals surface area contributed by atoms with Crippen LogP contribution in [0.25, 0.3) is 11.3 Å². The van der Waals surface area contributed by atoms with Crippen LogP contribution in [0.2, 0.25) is 0 Å². The normalized spacial score (nSPS) is 16.8. The van der Waals surface area contributed by atoms with Gasteiger partial charge >= 0.3 is 6.09 Å². The highest BCUT2D eigenvalue weighted by molar-refractivity contribution is 5.78. The summed E-state index contributed by atoms with van der Waals surface area (Å²) in [7, 11) is 0. The Kier molecular flexibility index (Phi) is 4.74. The van der Waals surface area contributed by atoms with Crippen LogP contribution in [0.4, 0.5) is 4.79 Å². The summed E-state index contributed by atoms with van der Waals surface area (Å²) in [6.45, 7) is 1.49. The van der Waals surface area contributed by atoms with Crippen molar-refractivity contribution in [2.45, 2.75) is 6.42 Å². The van der Waals surface area contributed by atoms with E-state index in [-0.39, 0.29) is 5.92 Å². The highest BCUT2D eigenvalue weighted by Crippen LogP contribution is 2.22. The Morgan fingerprint density at radius 3 is 2.92 bits per heavy atom. The lowest BCUT2D eigenvalue weighted by Gasteiger charge is -2.13. The molecule has 124 valence electrons. The van der Waals surface area contributed by atoms with Crippen LogP contribution in [0, 0.1) is 5.92 Å². The van der Waals surface area contributed by atoms with Gasteiger partial charge in [-0.1, -0.05) is 24.3 Å². The molecule has 0 unspecified atom stereocenters. The predicted molar refractivity (Wildman–Crippen MR) is 88.3 cm³/mol. The Morgan fingerprint density at radius 2 is 2.17 bits per heavy atom. The number of amides is 1. The number of carbonyl (C=O) groups is 2. The van der Waals surface area contributed by atoms with Crippen LogP contribution < -0.4 is 4.74 Å². The number of benzene rings is 1. The zero-order valence-electron chi connectivity index (χ0n) is 13.1. The molecule has 6 nitrogen and oxygen atoms in total. The van der Waals surface area contributed by atoms with Crippen molar-refractivity contribution in [3.05, 3.63) is 48.0 Å². The third kappa shape index (κ3) is 3.71. The second-order valence-electron chi connectivity index (χ2n) is 5.80. The summed E-state index contributed by atoms with van der Waals surface area (Å²) >= 11 is 0. The number of hydrogen-bond acceptors (Lipinski definition) is 4. The second kappa shape index (κ2) is 7.12. The molecule has 1 aromatic carbocycles. The van der Waals surface area contributed by atoms with Gasteiger partial charge in [-0.3, -0.25) is 4.79 Å². The standard InChI is InChI=1S/C18H18N2O4/c21-11-13-3-1-4-15(9-13)16-5-2-6-17(19-16)24-12-14-7-8-20(10-14)18(22)23/h1-6,9,11,14H,7-8,10,12H2,(H,22,23)/t14-/m0/s1. The van der Waals surface area contributed by atoms with E-state index < -0.39 is 6.09 Å². The van der Waals surface area contributed by atoms with Crippen molar-refractivity contribution in [3.63, 3.8) is 0 Å². The molecule has 1 aliphatic rings. The summed E-state index contributed by atoms with van der Waals surface area (Å²) < 4.78 is 5.74. The molecule has 1 amide bonds. The molecule has 24 heavy (non-hydrogen) atoms. The molecule has 2 heterocycles. The Hall–Kier alpha value is -2.89. The average Bonchev–Trinajstić information content (AvgIpc) is 3.10. The van der Waals surface area contributed by atoms with Gasteiger partial charge in [0.2, 0.25) is 5.88 Å². The van der Waals surface area contributed by atoms with Gasteiger partial charge in [0.25, 0.3) is 0 Å². The number of ether oxygens (including phenoxy) is 1. The van der Waals surface area contributed by atoms with Crippen molar-refractivity contribution in [3.8, 4) is 17.1 Å². The van der Waals surface area contributed by atoms with E-state index in [1.165, 1.54) is 4.90 Å².